The largest absolute Gasteiger partial charge is 0.490 e. The fraction of sp³-hybridized carbons (Fsp3) is 0.417. The van der Waals surface area contributed by atoms with E-state index < -0.39 is 11.6 Å². The Bertz CT molecular complexity index is 967. The highest BCUT2D eigenvalue weighted by Crippen LogP contribution is 2.51. The Kier molecular flexibility index (Phi) is 6.05. The predicted octanol–water partition coefficient (Wildman–Crippen LogP) is 3.85. The Labute approximate surface area is 188 Å². The first-order valence-electron chi connectivity index (χ1n) is 10.7. The summed E-state index contributed by atoms with van der Waals surface area (Å²) >= 11 is 5.74. The quantitative estimate of drug-likeness (QED) is 0.518. The van der Waals surface area contributed by atoms with Crippen LogP contribution in [0.5, 0.6) is 11.5 Å². The minimum atomic E-state index is -1.01. The van der Waals surface area contributed by atoms with Crippen LogP contribution in [0.4, 0.5) is 0 Å². The van der Waals surface area contributed by atoms with Gasteiger partial charge in [-0.05, 0) is 51.0 Å². The highest BCUT2D eigenvalue weighted by atomic mass is 32.1. The van der Waals surface area contributed by atoms with E-state index in [4.69, 9.17) is 26.4 Å². The lowest BCUT2D eigenvalue weighted by atomic mass is 9.79. The van der Waals surface area contributed by atoms with Crippen molar-refractivity contribution in [3.05, 3.63) is 59.7 Å². The van der Waals surface area contributed by atoms with Gasteiger partial charge in [-0.1, -0.05) is 42.5 Å². The van der Waals surface area contributed by atoms with Crippen molar-refractivity contribution in [3.8, 4) is 11.5 Å². The van der Waals surface area contributed by atoms with E-state index in [9.17, 15) is 4.79 Å². The molecule has 2 aromatic rings. The SMILES string of the molecule is CCOC(=O)C1C2NC(=S)N(CCc3ccccc3)C1(C)Oc1c(OCC)cccc12. The van der Waals surface area contributed by atoms with E-state index in [1.54, 1.807) is 0 Å². The van der Waals surface area contributed by atoms with E-state index in [0.717, 1.165) is 12.0 Å². The minimum Gasteiger partial charge on any atom is -0.490 e. The van der Waals surface area contributed by atoms with E-state index in [2.05, 4.69) is 17.4 Å². The number of para-hydroxylation sites is 1. The third kappa shape index (κ3) is 3.82. The normalized spacial score (nSPS) is 24.0. The van der Waals surface area contributed by atoms with Crippen LogP contribution < -0.4 is 14.8 Å². The monoisotopic (exact) mass is 440 g/mol. The molecule has 1 fully saturated rings. The number of benzene rings is 2. The summed E-state index contributed by atoms with van der Waals surface area (Å²) < 4.78 is 17.9. The molecule has 164 valence electrons. The first-order valence-corrected chi connectivity index (χ1v) is 11.1. The fourth-order valence-corrected chi connectivity index (χ4v) is 4.91. The Morgan fingerprint density at radius 2 is 1.94 bits per heavy atom. The van der Waals surface area contributed by atoms with Crippen molar-refractivity contribution in [1.82, 2.24) is 10.2 Å². The van der Waals surface area contributed by atoms with E-state index in [-0.39, 0.29) is 12.0 Å². The Balaban J connectivity index is 1.75. The van der Waals surface area contributed by atoms with Crippen LogP contribution in [-0.4, -0.2) is 41.5 Å². The van der Waals surface area contributed by atoms with Crippen LogP contribution in [0, 0.1) is 5.92 Å². The number of hydrogen-bond donors (Lipinski definition) is 1. The molecule has 2 aromatic carbocycles. The number of nitrogens with zero attached hydrogens (tertiary/aromatic N) is 1. The molecule has 0 aromatic heterocycles. The maximum Gasteiger partial charge on any atom is 0.317 e. The number of thiocarbonyl (C=S) groups is 1. The molecule has 7 heteroatoms. The minimum absolute atomic E-state index is 0.304. The van der Waals surface area contributed by atoms with Gasteiger partial charge in [-0.2, -0.15) is 0 Å². The molecule has 0 spiro atoms. The lowest BCUT2D eigenvalue weighted by Gasteiger charge is -2.55. The maximum absolute atomic E-state index is 13.1. The van der Waals surface area contributed by atoms with Gasteiger partial charge in [0.25, 0.3) is 0 Å². The highest BCUT2D eigenvalue weighted by Gasteiger charge is 2.59. The van der Waals surface area contributed by atoms with Crippen molar-refractivity contribution in [3.63, 3.8) is 0 Å². The molecular weight excluding hydrogens is 412 g/mol. The molecule has 1 N–H and O–H groups in total. The summed E-state index contributed by atoms with van der Waals surface area (Å²) in [7, 11) is 0. The van der Waals surface area contributed by atoms with E-state index in [1.807, 2.05) is 62.1 Å². The van der Waals surface area contributed by atoms with Gasteiger partial charge in [-0.15, -0.1) is 0 Å². The fourth-order valence-electron chi connectivity index (χ4n) is 4.51. The molecule has 3 atom stereocenters. The van der Waals surface area contributed by atoms with Gasteiger partial charge in [0.1, 0.15) is 5.92 Å². The van der Waals surface area contributed by atoms with Crippen molar-refractivity contribution >= 4 is 23.3 Å². The second-order valence-corrected chi connectivity index (χ2v) is 8.20. The zero-order valence-electron chi connectivity index (χ0n) is 18.1. The molecule has 6 nitrogen and oxygen atoms in total. The van der Waals surface area contributed by atoms with Crippen LogP contribution >= 0.6 is 12.2 Å². The van der Waals surface area contributed by atoms with Gasteiger partial charge >= 0.3 is 5.97 Å². The highest BCUT2D eigenvalue weighted by molar-refractivity contribution is 7.80. The van der Waals surface area contributed by atoms with Crippen molar-refractivity contribution in [1.29, 1.82) is 0 Å². The van der Waals surface area contributed by atoms with Gasteiger partial charge in [-0.3, -0.25) is 4.79 Å². The molecular formula is C24H28N2O4S. The number of fused-ring (bicyclic) bond motifs is 4. The van der Waals surface area contributed by atoms with Crippen LogP contribution in [0.15, 0.2) is 48.5 Å². The topological polar surface area (TPSA) is 60.0 Å². The summed E-state index contributed by atoms with van der Waals surface area (Å²) in [6, 6.07) is 15.6. The van der Waals surface area contributed by atoms with Gasteiger partial charge in [0.15, 0.2) is 22.3 Å². The summed E-state index contributed by atoms with van der Waals surface area (Å²) in [6.07, 6.45) is 0.766. The Hall–Kier alpha value is -2.80. The molecule has 0 saturated carbocycles. The van der Waals surface area contributed by atoms with Crippen LogP contribution in [0.3, 0.4) is 0 Å². The molecule has 0 aliphatic carbocycles. The van der Waals surface area contributed by atoms with Gasteiger partial charge in [0, 0.05) is 12.1 Å². The van der Waals surface area contributed by atoms with Gasteiger partial charge in [-0.25, -0.2) is 0 Å². The average molecular weight is 441 g/mol. The number of carbonyl (C=O) groups excluding carboxylic acids is 1. The first-order chi connectivity index (χ1) is 15.0. The van der Waals surface area contributed by atoms with Crippen molar-refractivity contribution in [2.45, 2.75) is 39.0 Å². The molecule has 4 rings (SSSR count). The number of rotatable bonds is 7. The molecule has 0 amide bonds. The standard InChI is InChI=1S/C24H28N2O4S/c1-4-28-18-13-9-12-17-20-19(22(27)29-5-2)24(3,30-21(17)18)26(23(31)25-20)15-14-16-10-7-6-8-11-16/h6-13,19-20H,4-5,14-15H2,1-3H3,(H,25,31). The van der Waals surface area contributed by atoms with E-state index in [0.29, 0.717) is 36.4 Å². The third-order valence-corrected chi connectivity index (χ3v) is 6.27. The summed E-state index contributed by atoms with van der Waals surface area (Å²) in [4.78, 5) is 15.1. The molecule has 2 bridgehead atoms. The van der Waals surface area contributed by atoms with Crippen LogP contribution in [0.25, 0.3) is 0 Å². The molecule has 2 heterocycles. The number of esters is 1. The second kappa shape index (κ2) is 8.75. The molecule has 2 aliphatic rings. The second-order valence-electron chi connectivity index (χ2n) is 7.81. The number of ether oxygens (including phenoxy) is 3. The summed E-state index contributed by atoms with van der Waals surface area (Å²) in [6.45, 7) is 7.09. The van der Waals surface area contributed by atoms with E-state index in [1.165, 1.54) is 5.56 Å². The smallest absolute Gasteiger partial charge is 0.317 e. The Morgan fingerprint density at radius 1 is 1.16 bits per heavy atom. The van der Waals surface area contributed by atoms with Gasteiger partial charge in [0.2, 0.25) is 0 Å². The van der Waals surface area contributed by atoms with Crippen molar-refractivity contribution < 1.29 is 19.0 Å². The lowest BCUT2D eigenvalue weighted by Crippen LogP contribution is -2.71. The van der Waals surface area contributed by atoms with Crippen LogP contribution in [0.2, 0.25) is 0 Å². The maximum atomic E-state index is 13.1. The predicted molar refractivity (Wildman–Crippen MR) is 122 cm³/mol. The molecule has 2 aliphatic heterocycles. The first kappa shape index (κ1) is 21.4. The molecule has 3 unspecified atom stereocenters. The number of hydrogen-bond acceptors (Lipinski definition) is 5. The summed E-state index contributed by atoms with van der Waals surface area (Å²) in [5.74, 6) is 0.426. The number of carbonyl (C=O) groups is 1. The third-order valence-electron chi connectivity index (χ3n) is 5.93. The zero-order chi connectivity index (χ0) is 22.0. The van der Waals surface area contributed by atoms with Crippen molar-refractivity contribution in [2.75, 3.05) is 19.8 Å². The summed E-state index contributed by atoms with van der Waals surface area (Å²) in [5.41, 5.74) is 1.04. The molecule has 1 saturated heterocycles. The van der Waals surface area contributed by atoms with Crippen LogP contribution in [-0.2, 0) is 16.0 Å². The molecule has 31 heavy (non-hydrogen) atoms. The Morgan fingerprint density at radius 3 is 2.65 bits per heavy atom. The van der Waals surface area contributed by atoms with Crippen molar-refractivity contribution in [2.24, 2.45) is 5.92 Å². The van der Waals surface area contributed by atoms with Gasteiger partial charge in [0.05, 0.1) is 19.3 Å². The summed E-state index contributed by atoms with van der Waals surface area (Å²) in [5, 5.41) is 3.96. The molecule has 0 radical (unpaired) electrons. The average Bonchev–Trinajstić information content (AvgIpc) is 2.75. The lowest BCUT2D eigenvalue weighted by molar-refractivity contribution is -0.175. The number of nitrogens with one attached hydrogen (secondary N) is 1. The van der Waals surface area contributed by atoms with Gasteiger partial charge < -0.3 is 24.4 Å². The zero-order valence-corrected chi connectivity index (χ0v) is 18.9. The van der Waals surface area contributed by atoms with Crippen LogP contribution in [0.1, 0.15) is 37.9 Å². The van der Waals surface area contributed by atoms with E-state index >= 15 is 0 Å².